The Hall–Kier alpha value is -0.380. The molecule has 0 radical (unpaired) electrons. The molecule has 1 atom stereocenters. The maximum Gasteiger partial charge on any atom is 0.0307 e. The van der Waals surface area contributed by atoms with E-state index in [9.17, 15) is 0 Å². The number of piperidine rings is 1. The van der Waals surface area contributed by atoms with Gasteiger partial charge in [-0.25, -0.2) is 0 Å². The van der Waals surface area contributed by atoms with E-state index in [-0.39, 0.29) is 6.04 Å². The van der Waals surface area contributed by atoms with Crippen LogP contribution >= 0.6 is 15.9 Å². The Balaban J connectivity index is 1.45. The minimum atomic E-state index is 0.157. The first-order chi connectivity index (χ1) is 10.2. The molecule has 0 bridgehead atoms. The molecular weight excluding hydrogens is 324 g/mol. The van der Waals surface area contributed by atoms with Gasteiger partial charge in [-0.2, -0.15) is 0 Å². The summed E-state index contributed by atoms with van der Waals surface area (Å²) in [4.78, 5) is 2.63. The number of rotatable bonds is 4. The molecule has 1 saturated heterocycles. The third-order valence-electron chi connectivity index (χ3n) is 5.61. The summed E-state index contributed by atoms with van der Waals surface area (Å²) in [5.74, 6) is 0. The second-order valence-corrected chi connectivity index (χ2v) is 7.91. The molecule has 2 aliphatic rings. The van der Waals surface area contributed by atoms with Crippen molar-refractivity contribution in [2.24, 2.45) is 11.1 Å². The highest BCUT2D eigenvalue weighted by Crippen LogP contribution is 2.46. The average Bonchev–Trinajstić information content (AvgIpc) is 2.95. The van der Waals surface area contributed by atoms with Crippen molar-refractivity contribution in [3.8, 4) is 0 Å². The molecule has 1 heterocycles. The van der Waals surface area contributed by atoms with E-state index < -0.39 is 0 Å². The van der Waals surface area contributed by atoms with E-state index in [0.29, 0.717) is 0 Å². The number of nitrogens with zero attached hydrogens (tertiary/aromatic N) is 1. The summed E-state index contributed by atoms with van der Waals surface area (Å²) in [6.45, 7) is 3.71. The lowest BCUT2D eigenvalue weighted by molar-refractivity contribution is 0.106. The fraction of sp³-hybridized carbons (Fsp3) is 0.667. The van der Waals surface area contributed by atoms with Crippen LogP contribution in [-0.2, 0) is 0 Å². The summed E-state index contributed by atoms with van der Waals surface area (Å²) in [5.41, 5.74) is 8.32. The highest BCUT2D eigenvalue weighted by Gasteiger charge is 2.36. The standard InChI is InChI=1S/C18H27BrN2/c19-16-5-3-4-15(14-16)17(20)6-11-21-12-9-18(10-13-21)7-1-2-8-18/h3-5,14,17H,1-2,6-13,20H2. The van der Waals surface area contributed by atoms with Gasteiger partial charge in [0, 0.05) is 10.5 Å². The van der Waals surface area contributed by atoms with Gasteiger partial charge < -0.3 is 10.6 Å². The Morgan fingerprint density at radius 1 is 1.14 bits per heavy atom. The van der Waals surface area contributed by atoms with Gasteiger partial charge in [-0.1, -0.05) is 40.9 Å². The van der Waals surface area contributed by atoms with Gasteiger partial charge in [0.25, 0.3) is 0 Å². The molecule has 116 valence electrons. The molecule has 0 amide bonds. The zero-order valence-electron chi connectivity index (χ0n) is 12.9. The molecule has 3 rings (SSSR count). The molecule has 0 aromatic heterocycles. The number of hydrogen-bond donors (Lipinski definition) is 1. The van der Waals surface area contributed by atoms with Crippen LogP contribution in [0.15, 0.2) is 28.7 Å². The topological polar surface area (TPSA) is 29.3 Å². The highest BCUT2D eigenvalue weighted by atomic mass is 79.9. The first-order valence-electron chi connectivity index (χ1n) is 8.40. The van der Waals surface area contributed by atoms with Gasteiger partial charge in [0.05, 0.1) is 0 Å². The van der Waals surface area contributed by atoms with Crippen molar-refractivity contribution in [2.75, 3.05) is 19.6 Å². The predicted octanol–water partition coefficient (Wildman–Crippen LogP) is 4.50. The Morgan fingerprint density at radius 2 is 1.86 bits per heavy atom. The lowest BCUT2D eigenvalue weighted by Crippen LogP contribution is -2.39. The third kappa shape index (κ3) is 3.88. The van der Waals surface area contributed by atoms with Gasteiger partial charge in [0.1, 0.15) is 0 Å². The normalized spacial score (nSPS) is 23.5. The molecule has 1 aliphatic heterocycles. The number of likely N-dealkylation sites (tertiary alicyclic amines) is 1. The summed E-state index contributed by atoms with van der Waals surface area (Å²) >= 11 is 3.53. The van der Waals surface area contributed by atoms with Crippen LogP contribution in [0.4, 0.5) is 0 Å². The van der Waals surface area contributed by atoms with Crippen LogP contribution in [0.3, 0.4) is 0 Å². The fourth-order valence-corrected chi connectivity index (χ4v) is 4.52. The van der Waals surface area contributed by atoms with Crippen molar-refractivity contribution >= 4 is 15.9 Å². The van der Waals surface area contributed by atoms with Crippen molar-refractivity contribution in [1.29, 1.82) is 0 Å². The van der Waals surface area contributed by atoms with Gasteiger partial charge in [-0.3, -0.25) is 0 Å². The number of nitrogens with two attached hydrogens (primary N) is 1. The first kappa shape index (κ1) is 15.5. The molecule has 1 saturated carbocycles. The molecule has 2 nitrogen and oxygen atoms in total. The van der Waals surface area contributed by atoms with E-state index in [1.165, 1.54) is 57.2 Å². The second-order valence-electron chi connectivity index (χ2n) is 7.00. The number of halogens is 1. The Morgan fingerprint density at radius 3 is 2.52 bits per heavy atom. The SMILES string of the molecule is NC(CCN1CCC2(CCCC2)CC1)c1cccc(Br)c1. The maximum absolute atomic E-state index is 6.35. The molecule has 2 N–H and O–H groups in total. The van der Waals surface area contributed by atoms with Crippen LogP contribution in [0.2, 0.25) is 0 Å². The molecule has 21 heavy (non-hydrogen) atoms. The van der Waals surface area contributed by atoms with E-state index in [0.717, 1.165) is 22.9 Å². The van der Waals surface area contributed by atoms with Gasteiger partial charge in [0.15, 0.2) is 0 Å². The fourth-order valence-electron chi connectivity index (χ4n) is 4.10. The van der Waals surface area contributed by atoms with Gasteiger partial charge in [-0.15, -0.1) is 0 Å². The second kappa shape index (κ2) is 6.80. The van der Waals surface area contributed by atoms with E-state index in [1.807, 2.05) is 0 Å². The molecule has 1 spiro atoms. The van der Waals surface area contributed by atoms with E-state index in [4.69, 9.17) is 5.73 Å². The molecule has 2 fully saturated rings. The van der Waals surface area contributed by atoms with Crippen LogP contribution in [0, 0.1) is 5.41 Å². The van der Waals surface area contributed by atoms with Crippen LogP contribution in [0.1, 0.15) is 56.6 Å². The molecule has 3 heteroatoms. The molecular formula is C18H27BrN2. The zero-order valence-corrected chi connectivity index (χ0v) is 14.4. The van der Waals surface area contributed by atoms with Crippen molar-refractivity contribution in [3.63, 3.8) is 0 Å². The van der Waals surface area contributed by atoms with Crippen LogP contribution < -0.4 is 5.73 Å². The first-order valence-corrected chi connectivity index (χ1v) is 9.20. The third-order valence-corrected chi connectivity index (χ3v) is 6.11. The van der Waals surface area contributed by atoms with Crippen LogP contribution in [-0.4, -0.2) is 24.5 Å². The smallest absolute Gasteiger partial charge is 0.0307 e. The predicted molar refractivity (Wildman–Crippen MR) is 92.3 cm³/mol. The van der Waals surface area contributed by atoms with E-state index in [1.54, 1.807) is 0 Å². The summed E-state index contributed by atoms with van der Waals surface area (Å²) < 4.78 is 1.12. The Bertz CT molecular complexity index is 458. The van der Waals surface area contributed by atoms with Gasteiger partial charge in [-0.05, 0) is 74.8 Å². The number of hydrogen-bond acceptors (Lipinski definition) is 2. The number of benzene rings is 1. The zero-order chi connectivity index (χ0) is 14.7. The lowest BCUT2D eigenvalue weighted by Gasteiger charge is -2.39. The van der Waals surface area contributed by atoms with Crippen molar-refractivity contribution in [1.82, 2.24) is 4.90 Å². The highest BCUT2D eigenvalue weighted by molar-refractivity contribution is 9.10. The van der Waals surface area contributed by atoms with Crippen molar-refractivity contribution in [2.45, 2.75) is 51.0 Å². The van der Waals surface area contributed by atoms with Crippen molar-refractivity contribution < 1.29 is 0 Å². The minimum absolute atomic E-state index is 0.157. The molecule has 1 aromatic carbocycles. The minimum Gasteiger partial charge on any atom is -0.324 e. The average molecular weight is 351 g/mol. The lowest BCUT2D eigenvalue weighted by atomic mass is 9.77. The van der Waals surface area contributed by atoms with Gasteiger partial charge >= 0.3 is 0 Å². The molecule has 1 aliphatic carbocycles. The monoisotopic (exact) mass is 350 g/mol. The van der Waals surface area contributed by atoms with E-state index >= 15 is 0 Å². The van der Waals surface area contributed by atoms with E-state index in [2.05, 4.69) is 45.1 Å². The van der Waals surface area contributed by atoms with Crippen LogP contribution in [0.25, 0.3) is 0 Å². The quantitative estimate of drug-likeness (QED) is 0.866. The maximum atomic E-state index is 6.35. The summed E-state index contributed by atoms with van der Waals surface area (Å²) in [6.07, 6.45) is 9.79. The van der Waals surface area contributed by atoms with Crippen molar-refractivity contribution in [3.05, 3.63) is 34.3 Å². The molecule has 1 aromatic rings. The Labute approximate surface area is 137 Å². The van der Waals surface area contributed by atoms with Gasteiger partial charge in [0.2, 0.25) is 0 Å². The van der Waals surface area contributed by atoms with Crippen LogP contribution in [0.5, 0.6) is 0 Å². The summed E-state index contributed by atoms with van der Waals surface area (Å²) in [7, 11) is 0. The Kier molecular flexibility index (Phi) is 5.03. The largest absolute Gasteiger partial charge is 0.324 e. The summed E-state index contributed by atoms with van der Waals surface area (Å²) in [6, 6.07) is 8.57. The summed E-state index contributed by atoms with van der Waals surface area (Å²) in [5, 5.41) is 0. The molecule has 1 unspecified atom stereocenters.